The van der Waals surface area contributed by atoms with Crippen molar-refractivity contribution in [2.45, 2.75) is 49.2 Å². The number of rotatable bonds is 5. The van der Waals surface area contributed by atoms with Crippen molar-refractivity contribution in [2.24, 2.45) is 5.73 Å². The first-order valence-electron chi connectivity index (χ1n) is 8.19. The number of aromatic nitrogens is 1. The Morgan fingerprint density at radius 3 is 2.88 bits per heavy atom. The summed E-state index contributed by atoms with van der Waals surface area (Å²) in [5, 5.41) is -0.249. The minimum absolute atomic E-state index is 0.0896. The van der Waals surface area contributed by atoms with Crippen LogP contribution in [0.1, 0.15) is 30.0 Å². The number of benzene rings is 1. The molecule has 7 heteroatoms. The molecule has 0 spiro atoms. The number of para-hydroxylation sites is 1. The highest BCUT2D eigenvalue weighted by Gasteiger charge is 2.33. The fraction of sp³-hybridized carbons (Fsp3) is 0.389. The van der Waals surface area contributed by atoms with E-state index in [4.69, 9.17) is 5.73 Å². The number of amides is 2. The van der Waals surface area contributed by atoms with Crippen molar-refractivity contribution in [2.75, 3.05) is 4.90 Å². The SMILES string of the molecule is Cc1nc(S[C@H](C)C(=O)N2c3ccccc3C[C@@H]2C)sc1CC(N)=O. The molecule has 2 amide bonds. The minimum Gasteiger partial charge on any atom is -0.369 e. The van der Waals surface area contributed by atoms with E-state index in [1.54, 1.807) is 0 Å². The Balaban J connectivity index is 1.74. The average Bonchev–Trinajstić information content (AvgIpc) is 3.05. The summed E-state index contributed by atoms with van der Waals surface area (Å²) < 4.78 is 0.801. The number of nitrogens with two attached hydrogens (primary N) is 1. The van der Waals surface area contributed by atoms with Crippen LogP contribution in [-0.4, -0.2) is 28.1 Å². The summed E-state index contributed by atoms with van der Waals surface area (Å²) >= 11 is 2.88. The van der Waals surface area contributed by atoms with Gasteiger partial charge in [0.1, 0.15) is 0 Å². The van der Waals surface area contributed by atoms with Gasteiger partial charge in [-0.1, -0.05) is 30.0 Å². The van der Waals surface area contributed by atoms with Crippen LogP contribution in [0.4, 0.5) is 5.69 Å². The highest BCUT2D eigenvalue weighted by atomic mass is 32.2. The van der Waals surface area contributed by atoms with Crippen LogP contribution in [0.3, 0.4) is 0 Å². The maximum absolute atomic E-state index is 13.0. The summed E-state index contributed by atoms with van der Waals surface area (Å²) in [5.41, 5.74) is 8.31. The van der Waals surface area contributed by atoms with Crippen LogP contribution in [0.5, 0.6) is 0 Å². The number of carbonyl (C=O) groups is 2. The van der Waals surface area contributed by atoms with Crippen LogP contribution in [-0.2, 0) is 22.4 Å². The largest absolute Gasteiger partial charge is 0.369 e. The first-order chi connectivity index (χ1) is 11.9. The molecular formula is C18H21N3O2S2. The first-order valence-corrected chi connectivity index (χ1v) is 9.88. The molecule has 1 aromatic carbocycles. The predicted molar refractivity (Wildman–Crippen MR) is 102 cm³/mol. The molecule has 0 aliphatic carbocycles. The second-order valence-electron chi connectivity index (χ2n) is 6.28. The Kier molecular flexibility index (Phi) is 5.15. The van der Waals surface area contributed by atoms with Crippen LogP contribution in [0.2, 0.25) is 0 Å². The number of thioether (sulfide) groups is 1. The van der Waals surface area contributed by atoms with Crippen LogP contribution in [0.25, 0.3) is 0 Å². The van der Waals surface area contributed by atoms with Gasteiger partial charge in [-0.05, 0) is 38.8 Å². The zero-order valence-corrected chi connectivity index (χ0v) is 16.1. The zero-order valence-electron chi connectivity index (χ0n) is 14.5. The summed E-state index contributed by atoms with van der Waals surface area (Å²) in [6.45, 7) is 5.85. The summed E-state index contributed by atoms with van der Waals surface area (Å²) in [4.78, 5) is 31.4. The summed E-state index contributed by atoms with van der Waals surface area (Å²) in [5.74, 6) is -0.276. The van der Waals surface area contributed by atoms with Crippen LogP contribution in [0, 0.1) is 6.92 Å². The van der Waals surface area contributed by atoms with E-state index in [1.807, 2.05) is 36.9 Å². The van der Waals surface area contributed by atoms with Gasteiger partial charge in [-0.3, -0.25) is 9.59 Å². The van der Waals surface area contributed by atoms with Crippen molar-refractivity contribution in [1.29, 1.82) is 0 Å². The molecule has 0 bridgehead atoms. The summed E-state index contributed by atoms with van der Waals surface area (Å²) in [6.07, 6.45) is 1.08. The van der Waals surface area contributed by atoms with E-state index in [0.29, 0.717) is 0 Å². The zero-order chi connectivity index (χ0) is 18.1. The Morgan fingerprint density at radius 2 is 2.16 bits per heavy atom. The van der Waals surface area contributed by atoms with Crippen molar-refractivity contribution in [3.63, 3.8) is 0 Å². The minimum atomic E-state index is -0.366. The van der Waals surface area contributed by atoms with Crippen molar-refractivity contribution < 1.29 is 9.59 Å². The number of aryl methyl sites for hydroxylation is 1. The van der Waals surface area contributed by atoms with Gasteiger partial charge < -0.3 is 10.6 Å². The topological polar surface area (TPSA) is 76.3 Å². The normalized spacial score (nSPS) is 17.4. The maximum Gasteiger partial charge on any atom is 0.240 e. The van der Waals surface area contributed by atoms with E-state index in [2.05, 4.69) is 18.0 Å². The number of hydrogen-bond donors (Lipinski definition) is 1. The molecule has 2 heterocycles. The van der Waals surface area contributed by atoms with Gasteiger partial charge in [0.2, 0.25) is 11.8 Å². The van der Waals surface area contributed by atoms with Crippen LogP contribution in [0.15, 0.2) is 28.6 Å². The van der Waals surface area contributed by atoms with Crippen molar-refractivity contribution >= 4 is 40.6 Å². The maximum atomic E-state index is 13.0. The van der Waals surface area contributed by atoms with E-state index in [1.165, 1.54) is 28.7 Å². The Hall–Kier alpha value is -1.86. The number of nitrogens with zero attached hydrogens (tertiary/aromatic N) is 2. The predicted octanol–water partition coefficient (Wildman–Crippen LogP) is 2.94. The lowest BCUT2D eigenvalue weighted by Crippen LogP contribution is -2.40. The second kappa shape index (κ2) is 7.17. The lowest BCUT2D eigenvalue weighted by Gasteiger charge is -2.25. The van der Waals surface area contributed by atoms with Crippen LogP contribution < -0.4 is 10.6 Å². The molecule has 2 aromatic rings. The Bertz CT molecular complexity index is 818. The van der Waals surface area contributed by atoms with E-state index in [-0.39, 0.29) is 29.5 Å². The molecule has 25 heavy (non-hydrogen) atoms. The van der Waals surface area contributed by atoms with Gasteiger partial charge in [0.25, 0.3) is 0 Å². The van der Waals surface area contributed by atoms with Gasteiger partial charge in [0.15, 0.2) is 4.34 Å². The number of fused-ring (bicyclic) bond motifs is 1. The lowest BCUT2D eigenvalue weighted by molar-refractivity contribution is -0.118. The van der Waals surface area contributed by atoms with Gasteiger partial charge in [0.05, 0.1) is 17.4 Å². The average molecular weight is 376 g/mol. The van der Waals surface area contributed by atoms with Gasteiger partial charge >= 0.3 is 0 Å². The van der Waals surface area contributed by atoms with Gasteiger partial charge in [0, 0.05) is 16.6 Å². The molecule has 132 valence electrons. The molecule has 1 aliphatic rings. The van der Waals surface area contributed by atoms with E-state index < -0.39 is 0 Å². The molecule has 3 rings (SSSR count). The summed E-state index contributed by atoms with van der Waals surface area (Å²) in [6, 6.07) is 8.23. The van der Waals surface area contributed by atoms with Crippen molar-refractivity contribution in [1.82, 2.24) is 4.98 Å². The third kappa shape index (κ3) is 3.72. The number of thiazole rings is 1. The van der Waals surface area contributed by atoms with Gasteiger partial charge in [-0.25, -0.2) is 4.98 Å². The highest BCUT2D eigenvalue weighted by molar-refractivity contribution is 8.02. The Morgan fingerprint density at radius 1 is 1.44 bits per heavy atom. The van der Waals surface area contributed by atoms with E-state index in [0.717, 1.165) is 27.0 Å². The standard InChI is InChI=1S/C18H21N3O2S2/c1-10-8-13-6-4-5-7-14(13)21(10)17(23)12(3)24-18-20-11(2)15(25-18)9-16(19)22/h4-7,10,12H,8-9H2,1-3H3,(H2,19,22)/t10-,12+/m0/s1. The molecule has 0 saturated heterocycles. The first kappa shape index (κ1) is 17.9. The number of hydrogen-bond acceptors (Lipinski definition) is 5. The van der Waals surface area contributed by atoms with E-state index >= 15 is 0 Å². The summed E-state index contributed by atoms with van der Waals surface area (Å²) in [7, 11) is 0. The molecule has 1 aromatic heterocycles. The molecule has 1 aliphatic heterocycles. The van der Waals surface area contributed by atoms with Gasteiger partial charge in [-0.2, -0.15) is 0 Å². The molecule has 0 radical (unpaired) electrons. The van der Waals surface area contributed by atoms with Crippen molar-refractivity contribution in [3.05, 3.63) is 40.4 Å². The number of primary amides is 1. The molecule has 0 fully saturated rings. The quantitative estimate of drug-likeness (QED) is 0.815. The number of carbonyl (C=O) groups excluding carboxylic acids is 2. The van der Waals surface area contributed by atoms with Crippen LogP contribution >= 0.6 is 23.1 Å². The fourth-order valence-electron chi connectivity index (χ4n) is 3.07. The fourth-order valence-corrected chi connectivity index (χ4v) is 5.51. The smallest absolute Gasteiger partial charge is 0.240 e. The molecule has 5 nitrogen and oxygen atoms in total. The monoisotopic (exact) mass is 375 g/mol. The third-order valence-corrected chi connectivity index (χ3v) is 6.62. The second-order valence-corrected chi connectivity index (χ2v) is 8.95. The van der Waals surface area contributed by atoms with Gasteiger partial charge in [-0.15, -0.1) is 11.3 Å². The highest BCUT2D eigenvalue weighted by Crippen LogP contribution is 2.36. The van der Waals surface area contributed by atoms with E-state index in [9.17, 15) is 9.59 Å². The Labute approximate surface area is 155 Å². The third-order valence-electron chi connectivity index (χ3n) is 4.28. The molecule has 0 saturated carbocycles. The number of anilines is 1. The molecule has 2 N–H and O–H groups in total. The molecule has 2 atom stereocenters. The van der Waals surface area contributed by atoms with Crippen molar-refractivity contribution in [3.8, 4) is 0 Å². The molecule has 0 unspecified atom stereocenters. The molecular weight excluding hydrogens is 354 g/mol. The lowest BCUT2D eigenvalue weighted by atomic mass is 10.1.